The molecule has 2 N–H and O–H groups in total. The lowest BCUT2D eigenvalue weighted by atomic mass is 9.60. The molecule has 0 bridgehead atoms. The smallest absolute Gasteiger partial charge is 0.0591 e. The van der Waals surface area contributed by atoms with Crippen LogP contribution in [0.5, 0.6) is 0 Å². The zero-order chi connectivity index (χ0) is 21.9. The van der Waals surface area contributed by atoms with Gasteiger partial charge in [-0.3, -0.25) is 0 Å². The molecule has 2 heteroatoms. The molecule has 3 aliphatic carbocycles. The van der Waals surface area contributed by atoms with Gasteiger partial charge in [0, 0.05) is 6.04 Å². The molecule has 30 heavy (non-hydrogen) atoms. The van der Waals surface area contributed by atoms with Crippen molar-refractivity contribution in [2.45, 2.75) is 110 Å². The molecule has 0 aliphatic heterocycles. The topological polar surface area (TPSA) is 32.3 Å². The van der Waals surface area contributed by atoms with E-state index in [1.807, 2.05) is 13.8 Å². The lowest BCUT2D eigenvalue weighted by Crippen LogP contribution is -2.36. The van der Waals surface area contributed by atoms with E-state index in [-0.39, 0.29) is 0 Å². The lowest BCUT2D eigenvalue weighted by Gasteiger charge is -2.44. The van der Waals surface area contributed by atoms with Gasteiger partial charge in [-0.15, -0.1) is 0 Å². The van der Waals surface area contributed by atoms with Gasteiger partial charge in [0.2, 0.25) is 0 Å². The largest absolute Gasteiger partial charge is 0.390 e. The Morgan fingerprint density at radius 1 is 1.23 bits per heavy atom. The Bertz CT molecular complexity index is 667. The number of nitrogens with one attached hydrogen (secondary N) is 1. The van der Waals surface area contributed by atoms with Gasteiger partial charge in [0.15, 0.2) is 0 Å². The van der Waals surface area contributed by atoms with Crippen molar-refractivity contribution in [2.24, 2.45) is 23.2 Å². The molecular weight excluding hydrogens is 366 g/mol. The summed E-state index contributed by atoms with van der Waals surface area (Å²) in [6, 6.07) is 0.609. The van der Waals surface area contributed by atoms with Crippen molar-refractivity contribution in [1.29, 1.82) is 0 Å². The molecule has 0 aromatic heterocycles. The average Bonchev–Trinajstić information content (AvgIpc) is 3.04. The molecule has 3 fully saturated rings. The summed E-state index contributed by atoms with van der Waals surface area (Å²) < 4.78 is 0. The van der Waals surface area contributed by atoms with Crippen LogP contribution in [0.15, 0.2) is 35.5 Å². The van der Waals surface area contributed by atoms with E-state index in [1.54, 1.807) is 5.57 Å². The van der Waals surface area contributed by atoms with E-state index in [0.29, 0.717) is 11.5 Å². The highest BCUT2D eigenvalue weighted by atomic mass is 16.3. The summed E-state index contributed by atoms with van der Waals surface area (Å²) in [5.74, 6) is 2.36. The van der Waals surface area contributed by atoms with Crippen LogP contribution in [0.3, 0.4) is 0 Å². The predicted molar refractivity (Wildman–Crippen MR) is 129 cm³/mol. The zero-order valence-corrected chi connectivity index (χ0v) is 20.4. The molecule has 2 nitrogen and oxygen atoms in total. The Kier molecular flexibility index (Phi) is 7.72. The summed E-state index contributed by atoms with van der Waals surface area (Å²) in [4.78, 5) is 0. The van der Waals surface area contributed by atoms with E-state index in [9.17, 15) is 5.11 Å². The number of aliphatic hydroxyl groups is 1. The van der Waals surface area contributed by atoms with Gasteiger partial charge in [-0.05, 0) is 107 Å². The van der Waals surface area contributed by atoms with E-state index < -0.39 is 5.60 Å². The van der Waals surface area contributed by atoms with Crippen LogP contribution in [-0.4, -0.2) is 23.8 Å². The third-order valence-corrected chi connectivity index (χ3v) is 8.79. The van der Waals surface area contributed by atoms with Crippen molar-refractivity contribution in [3.05, 3.63) is 35.5 Å². The number of fused-ring (bicyclic) bond motifs is 1. The Balaban J connectivity index is 1.68. The molecule has 1 unspecified atom stereocenters. The summed E-state index contributed by atoms with van der Waals surface area (Å²) in [5.41, 5.74) is 4.47. The molecule has 3 saturated carbocycles. The first-order valence-electron chi connectivity index (χ1n) is 12.6. The van der Waals surface area contributed by atoms with Crippen LogP contribution in [0.25, 0.3) is 0 Å². The second-order valence-electron chi connectivity index (χ2n) is 11.5. The third kappa shape index (κ3) is 5.49. The molecule has 3 rings (SSSR count). The van der Waals surface area contributed by atoms with Gasteiger partial charge in [-0.1, -0.05) is 56.6 Å². The molecule has 0 heterocycles. The van der Waals surface area contributed by atoms with Gasteiger partial charge in [-0.25, -0.2) is 0 Å². The number of rotatable bonds is 7. The van der Waals surface area contributed by atoms with E-state index in [2.05, 4.69) is 44.9 Å². The predicted octanol–water partition coefficient (Wildman–Crippen LogP) is 6.96. The highest BCUT2D eigenvalue weighted by Crippen LogP contribution is 2.60. The molecule has 0 amide bonds. The monoisotopic (exact) mass is 413 g/mol. The zero-order valence-electron chi connectivity index (χ0n) is 20.4. The molecule has 5 atom stereocenters. The molecule has 3 aliphatic rings. The Labute approximate surface area is 186 Å². The van der Waals surface area contributed by atoms with Crippen molar-refractivity contribution >= 4 is 0 Å². The minimum absolute atomic E-state index is 0.466. The van der Waals surface area contributed by atoms with Crippen LogP contribution >= 0.6 is 0 Å². The van der Waals surface area contributed by atoms with Crippen molar-refractivity contribution in [3.63, 3.8) is 0 Å². The van der Waals surface area contributed by atoms with Crippen molar-refractivity contribution in [2.75, 3.05) is 7.05 Å². The van der Waals surface area contributed by atoms with Crippen molar-refractivity contribution < 1.29 is 5.11 Å². The summed E-state index contributed by atoms with van der Waals surface area (Å²) >= 11 is 0. The molecule has 0 aromatic rings. The highest BCUT2D eigenvalue weighted by molar-refractivity contribution is 5.36. The minimum atomic E-state index is -0.522. The highest BCUT2D eigenvalue weighted by Gasteiger charge is 2.50. The van der Waals surface area contributed by atoms with Crippen LogP contribution in [0.4, 0.5) is 0 Å². The van der Waals surface area contributed by atoms with Gasteiger partial charge in [0.1, 0.15) is 0 Å². The Morgan fingerprint density at radius 2 is 2.00 bits per heavy atom. The van der Waals surface area contributed by atoms with E-state index in [0.717, 1.165) is 43.4 Å². The van der Waals surface area contributed by atoms with Crippen molar-refractivity contribution in [3.8, 4) is 0 Å². The van der Waals surface area contributed by atoms with E-state index >= 15 is 0 Å². The standard InChI is InChI=1S/C28H47NO/c1-20-11-14-24(29-6)19-23(20)13-12-22-10-8-18-28(5)25(15-16-26(22)28)21(2)9-7-17-27(3,4)30/h12-13,21,24-26,29-30H,1,7-11,14-19H2,2-6H3/b22-12+,23-13-/t21-,24-,25-,26?,28-/m1/s1. The Hall–Kier alpha value is -0.860. The molecule has 0 radical (unpaired) electrons. The first kappa shape index (κ1) is 23.8. The van der Waals surface area contributed by atoms with Crippen LogP contribution in [-0.2, 0) is 0 Å². The van der Waals surface area contributed by atoms with Crippen molar-refractivity contribution in [1.82, 2.24) is 5.32 Å². The second-order valence-corrected chi connectivity index (χ2v) is 11.5. The number of allylic oxidation sites excluding steroid dienone is 4. The molecule has 0 spiro atoms. The fourth-order valence-corrected chi connectivity index (χ4v) is 6.93. The summed E-state index contributed by atoms with van der Waals surface area (Å²) in [6.45, 7) is 13.3. The van der Waals surface area contributed by atoms with Gasteiger partial charge in [0.25, 0.3) is 0 Å². The van der Waals surface area contributed by atoms with Gasteiger partial charge in [-0.2, -0.15) is 0 Å². The number of hydrogen-bond acceptors (Lipinski definition) is 2. The van der Waals surface area contributed by atoms with E-state index in [4.69, 9.17) is 0 Å². The van der Waals surface area contributed by atoms with Crippen LogP contribution in [0.1, 0.15) is 98.3 Å². The quantitative estimate of drug-likeness (QED) is 0.473. The fraction of sp³-hybridized carbons (Fsp3) is 0.786. The average molecular weight is 414 g/mol. The normalized spacial score (nSPS) is 36.3. The molecule has 170 valence electrons. The fourth-order valence-electron chi connectivity index (χ4n) is 6.93. The molecule has 0 aromatic carbocycles. The minimum Gasteiger partial charge on any atom is -0.390 e. The first-order chi connectivity index (χ1) is 14.1. The van der Waals surface area contributed by atoms with E-state index in [1.165, 1.54) is 56.1 Å². The van der Waals surface area contributed by atoms with Crippen LogP contribution in [0.2, 0.25) is 0 Å². The maximum Gasteiger partial charge on any atom is 0.0591 e. The molecule has 0 saturated heterocycles. The van der Waals surface area contributed by atoms with Gasteiger partial charge >= 0.3 is 0 Å². The maximum absolute atomic E-state index is 10.1. The Morgan fingerprint density at radius 3 is 2.70 bits per heavy atom. The summed E-state index contributed by atoms with van der Waals surface area (Å²) in [7, 11) is 2.09. The van der Waals surface area contributed by atoms with Gasteiger partial charge in [0.05, 0.1) is 5.60 Å². The van der Waals surface area contributed by atoms with Crippen LogP contribution < -0.4 is 5.32 Å². The lowest BCUT2D eigenvalue weighted by molar-refractivity contribution is 0.0597. The van der Waals surface area contributed by atoms with Crippen LogP contribution in [0, 0.1) is 23.2 Å². The summed E-state index contributed by atoms with van der Waals surface area (Å²) in [6.07, 6.45) is 18.5. The second kappa shape index (κ2) is 9.74. The van der Waals surface area contributed by atoms with Gasteiger partial charge < -0.3 is 10.4 Å². The summed E-state index contributed by atoms with van der Waals surface area (Å²) in [5, 5.41) is 13.5. The maximum atomic E-state index is 10.1. The SMILES string of the molecule is C=C1CC[C@@H](NC)C/C1=C/C=C1\CCC[C@@]2(C)C1CC[C@@H]2[C@H](C)CCCC(C)(C)O. The first-order valence-corrected chi connectivity index (χ1v) is 12.6. The third-order valence-electron chi connectivity index (χ3n) is 8.79. The molecular formula is C28H47NO. The number of hydrogen-bond donors (Lipinski definition) is 2.